The highest BCUT2D eigenvalue weighted by Gasteiger charge is 2.24. The Labute approximate surface area is 164 Å². The molecule has 0 radical (unpaired) electrons. The van der Waals surface area contributed by atoms with Gasteiger partial charge >= 0.3 is 0 Å². The number of carbonyl (C=O) groups is 1. The maximum absolute atomic E-state index is 12.7. The average Bonchev–Trinajstić information content (AvgIpc) is 3.02. The van der Waals surface area contributed by atoms with Gasteiger partial charge in [0.15, 0.2) is 10.8 Å². The van der Waals surface area contributed by atoms with Crippen LogP contribution in [0.2, 0.25) is 0 Å². The highest BCUT2D eigenvalue weighted by molar-refractivity contribution is 7.99. The number of hydrogen-bond acceptors (Lipinski definition) is 4. The summed E-state index contributed by atoms with van der Waals surface area (Å²) in [4.78, 5) is 14.7. The summed E-state index contributed by atoms with van der Waals surface area (Å²) in [6.45, 7) is 9.39. The summed E-state index contributed by atoms with van der Waals surface area (Å²) < 4.78 is 2.11. The van der Waals surface area contributed by atoms with E-state index in [-0.39, 0.29) is 5.91 Å². The van der Waals surface area contributed by atoms with Crippen LogP contribution in [0.4, 0.5) is 0 Å². The molecule has 0 aliphatic carbocycles. The number of carbonyl (C=O) groups excluding carboxylic acids is 1. The third kappa shape index (κ3) is 3.31. The van der Waals surface area contributed by atoms with Crippen LogP contribution in [0.25, 0.3) is 16.6 Å². The monoisotopic (exact) mass is 382 g/mol. The van der Waals surface area contributed by atoms with Crippen LogP contribution in [0, 0.1) is 20.8 Å². The molecule has 0 bridgehead atoms. The lowest BCUT2D eigenvalue weighted by molar-refractivity contribution is -0.131. The summed E-state index contributed by atoms with van der Waals surface area (Å²) in [7, 11) is 0. The van der Waals surface area contributed by atoms with Gasteiger partial charge in [-0.2, -0.15) is 0 Å². The Balaban J connectivity index is 1.68. The molecule has 3 heterocycles. The lowest BCUT2D eigenvalue weighted by Crippen LogP contribution is -2.42. The summed E-state index contributed by atoms with van der Waals surface area (Å²) in [5.41, 5.74) is 5.64. The highest BCUT2D eigenvalue weighted by Crippen LogP contribution is 2.29. The van der Waals surface area contributed by atoms with Crippen LogP contribution in [-0.2, 0) is 4.79 Å². The van der Waals surface area contributed by atoms with Crippen LogP contribution < -0.4 is 0 Å². The Kier molecular flexibility index (Phi) is 4.84. The van der Waals surface area contributed by atoms with Crippen LogP contribution in [-0.4, -0.2) is 43.7 Å². The van der Waals surface area contributed by atoms with Crippen LogP contribution >= 0.6 is 11.8 Å². The summed E-state index contributed by atoms with van der Waals surface area (Å²) in [5.74, 6) is 0.610. The number of piperidine rings is 1. The van der Waals surface area contributed by atoms with Gasteiger partial charge in [0, 0.05) is 18.0 Å². The Hall–Kier alpha value is -2.08. The number of aromatic nitrogens is 3. The van der Waals surface area contributed by atoms with E-state index in [1.165, 1.54) is 40.3 Å². The van der Waals surface area contributed by atoms with Crippen molar-refractivity contribution in [3.8, 4) is 0 Å². The van der Waals surface area contributed by atoms with Gasteiger partial charge in [-0.15, -0.1) is 10.2 Å². The number of pyridine rings is 1. The molecule has 5 nitrogen and oxygen atoms in total. The molecule has 0 unspecified atom stereocenters. The van der Waals surface area contributed by atoms with Gasteiger partial charge in [-0.05, 0) is 70.2 Å². The Morgan fingerprint density at radius 2 is 1.96 bits per heavy atom. The minimum Gasteiger partial charge on any atom is -0.339 e. The number of nitrogens with zero attached hydrogens (tertiary/aromatic N) is 4. The highest BCUT2D eigenvalue weighted by atomic mass is 32.2. The van der Waals surface area contributed by atoms with Gasteiger partial charge in [-0.3, -0.25) is 9.20 Å². The Bertz CT molecular complexity index is 1030. The summed E-state index contributed by atoms with van der Waals surface area (Å²) in [5, 5.41) is 10.8. The van der Waals surface area contributed by atoms with Crippen molar-refractivity contribution in [2.24, 2.45) is 0 Å². The van der Waals surface area contributed by atoms with Gasteiger partial charge in [-0.25, -0.2) is 0 Å². The van der Waals surface area contributed by atoms with Crippen LogP contribution in [0.15, 0.2) is 23.4 Å². The van der Waals surface area contributed by atoms with Crippen molar-refractivity contribution in [3.05, 3.63) is 34.9 Å². The summed E-state index contributed by atoms with van der Waals surface area (Å²) in [6, 6.07) is 6.82. The fourth-order valence-electron chi connectivity index (χ4n) is 4.19. The predicted octanol–water partition coefficient (Wildman–Crippen LogP) is 4.30. The molecule has 1 aliphatic rings. The maximum atomic E-state index is 12.7. The number of benzene rings is 1. The zero-order chi connectivity index (χ0) is 19.1. The molecule has 1 atom stereocenters. The van der Waals surface area contributed by atoms with Gasteiger partial charge < -0.3 is 4.90 Å². The Morgan fingerprint density at radius 1 is 1.15 bits per heavy atom. The molecular weight excluding hydrogens is 356 g/mol. The van der Waals surface area contributed by atoms with Gasteiger partial charge in [0.25, 0.3) is 0 Å². The maximum Gasteiger partial charge on any atom is 0.233 e. The number of hydrogen-bond donors (Lipinski definition) is 0. The molecule has 6 heteroatoms. The van der Waals surface area contributed by atoms with E-state index >= 15 is 0 Å². The molecule has 27 heavy (non-hydrogen) atoms. The largest absolute Gasteiger partial charge is 0.339 e. The second-order valence-electron chi connectivity index (χ2n) is 7.70. The summed E-state index contributed by atoms with van der Waals surface area (Å²) in [6.07, 6.45) is 3.43. The van der Waals surface area contributed by atoms with E-state index in [1.54, 1.807) is 0 Å². The van der Waals surface area contributed by atoms with E-state index in [1.807, 2.05) is 4.90 Å². The van der Waals surface area contributed by atoms with Gasteiger partial charge in [0.05, 0.1) is 11.3 Å². The molecule has 2 aromatic heterocycles. The fourth-order valence-corrected chi connectivity index (χ4v) is 5.02. The first-order valence-corrected chi connectivity index (χ1v) is 10.6. The van der Waals surface area contributed by atoms with Gasteiger partial charge in [-0.1, -0.05) is 23.4 Å². The number of likely N-dealkylation sites (tertiary alicyclic amines) is 1. The van der Waals surface area contributed by atoms with E-state index in [2.05, 4.69) is 60.5 Å². The van der Waals surface area contributed by atoms with E-state index < -0.39 is 0 Å². The predicted molar refractivity (Wildman–Crippen MR) is 110 cm³/mol. The second kappa shape index (κ2) is 7.15. The van der Waals surface area contributed by atoms with E-state index in [0.717, 1.165) is 35.7 Å². The lowest BCUT2D eigenvalue weighted by atomic mass is 10.0. The van der Waals surface area contributed by atoms with E-state index in [4.69, 9.17) is 0 Å². The van der Waals surface area contributed by atoms with E-state index in [0.29, 0.717) is 11.8 Å². The van der Waals surface area contributed by atoms with Crippen LogP contribution in [0.3, 0.4) is 0 Å². The number of aryl methyl sites for hydroxylation is 3. The molecule has 0 N–H and O–H groups in total. The van der Waals surface area contributed by atoms with Crippen molar-refractivity contribution in [1.82, 2.24) is 19.5 Å². The minimum absolute atomic E-state index is 0.202. The first kappa shape index (κ1) is 18.3. The molecule has 1 aromatic carbocycles. The summed E-state index contributed by atoms with van der Waals surface area (Å²) >= 11 is 1.49. The van der Waals surface area contributed by atoms with Crippen molar-refractivity contribution >= 4 is 34.2 Å². The molecule has 4 rings (SSSR count). The third-order valence-corrected chi connectivity index (χ3v) is 6.46. The number of rotatable bonds is 3. The average molecular weight is 383 g/mol. The molecule has 0 saturated carbocycles. The van der Waals surface area contributed by atoms with Crippen molar-refractivity contribution in [2.45, 2.75) is 58.2 Å². The molecule has 0 spiro atoms. The smallest absolute Gasteiger partial charge is 0.233 e. The van der Waals surface area contributed by atoms with Crippen LogP contribution in [0.1, 0.15) is 42.9 Å². The topological polar surface area (TPSA) is 50.5 Å². The van der Waals surface area contributed by atoms with Gasteiger partial charge in [0.2, 0.25) is 5.91 Å². The SMILES string of the molecule is Cc1cc(C)c2c(c1)c(C)cc1nnc(SCC(=O)N3CCCC[C@@H]3C)n12. The Morgan fingerprint density at radius 3 is 2.74 bits per heavy atom. The van der Waals surface area contributed by atoms with Crippen molar-refractivity contribution < 1.29 is 4.79 Å². The molecule has 142 valence electrons. The number of thioether (sulfide) groups is 1. The minimum atomic E-state index is 0.202. The zero-order valence-electron chi connectivity index (χ0n) is 16.5. The van der Waals surface area contributed by atoms with Crippen LogP contribution in [0.5, 0.6) is 0 Å². The van der Waals surface area contributed by atoms with Gasteiger partial charge in [0.1, 0.15) is 0 Å². The quantitative estimate of drug-likeness (QED) is 0.634. The molecular formula is C21H26N4OS. The normalized spacial score (nSPS) is 17.8. The molecule has 1 saturated heterocycles. The van der Waals surface area contributed by atoms with Crippen molar-refractivity contribution in [2.75, 3.05) is 12.3 Å². The first-order chi connectivity index (χ1) is 13.0. The standard InChI is InChI=1S/C21H26N4OS/c1-13-9-15(3)20-17(10-13)14(2)11-18-22-23-21(25(18)20)27-12-19(26)24-8-6-5-7-16(24)4/h9-11,16H,5-8,12H2,1-4H3/t16-/m0/s1. The second-order valence-corrected chi connectivity index (χ2v) is 8.64. The molecule has 1 fully saturated rings. The molecule has 1 aliphatic heterocycles. The zero-order valence-corrected chi connectivity index (χ0v) is 17.3. The number of amides is 1. The first-order valence-electron chi connectivity index (χ1n) is 9.63. The van der Waals surface area contributed by atoms with Crippen molar-refractivity contribution in [3.63, 3.8) is 0 Å². The molecule has 1 amide bonds. The lowest BCUT2D eigenvalue weighted by Gasteiger charge is -2.33. The number of fused-ring (bicyclic) bond motifs is 3. The van der Waals surface area contributed by atoms with E-state index in [9.17, 15) is 4.79 Å². The fraction of sp³-hybridized carbons (Fsp3) is 0.476. The third-order valence-electron chi connectivity index (χ3n) is 5.55. The molecule has 3 aromatic rings. The van der Waals surface area contributed by atoms with Crippen molar-refractivity contribution in [1.29, 1.82) is 0 Å².